The van der Waals surface area contributed by atoms with Gasteiger partial charge in [0, 0.05) is 43.0 Å². The summed E-state index contributed by atoms with van der Waals surface area (Å²) in [5.41, 5.74) is 0.868. The van der Waals surface area contributed by atoms with Gasteiger partial charge in [0.2, 0.25) is 15.9 Å². The molecule has 2 aliphatic heterocycles. The van der Waals surface area contributed by atoms with E-state index in [1.54, 1.807) is 17.0 Å². The van der Waals surface area contributed by atoms with Crippen LogP contribution in [0, 0.1) is 21.8 Å². The van der Waals surface area contributed by atoms with Gasteiger partial charge in [-0.25, -0.2) is 12.8 Å². The number of amides is 1. The van der Waals surface area contributed by atoms with Gasteiger partial charge in [-0.05, 0) is 43.5 Å². The standard InChI is InChI=1S/C20H20FN3O5S/c21-18-4-1-5-19-17(18)10-12-23(19)20(25)14-3-2-11-22(13-14)30(28,29)16-8-6-15(7-9-16)24(26)27/h1,4-9,14H,2-3,10-13H2. The maximum Gasteiger partial charge on any atom is 0.269 e. The molecular formula is C20H20FN3O5S. The van der Waals surface area contributed by atoms with Crippen molar-refractivity contribution < 1.29 is 22.5 Å². The smallest absolute Gasteiger partial charge is 0.269 e. The summed E-state index contributed by atoms with van der Waals surface area (Å²) in [4.78, 5) is 24.8. The van der Waals surface area contributed by atoms with E-state index in [2.05, 4.69) is 0 Å². The second-order valence-electron chi connectivity index (χ2n) is 7.43. The van der Waals surface area contributed by atoms with Crippen LogP contribution in [0.5, 0.6) is 0 Å². The maximum absolute atomic E-state index is 14.0. The molecule has 1 fully saturated rings. The summed E-state index contributed by atoms with van der Waals surface area (Å²) in [5.74, 6) is -1.07. The highest BCUT2D eigenvalue weighted by Gasteiger charge is 2.37. The quantitative estimate of drug-likeness (QED) is 0.545. The number of nitro groups is 1. The van der Waals surface area contributed by atoms with E-state index in [1.165, 1.54) is 22.5 Å². The van der Waals surface area contributed by atoms with Gasteiger partial charge in [-0.2, -0.15) is 4.31 Å². The molecule has 0 N–H and O–H groups in total. The molecule has 10 heteroatoms. The topological polar surface area (TPSA) is 101 Å². The molecule has 1 atom stereocenters. The molecule has 2 aliphatic rings. The van der Waals surface area contributed by atoms with E-state index in [9.17, 15) is 27.7 Å². The summed E-state index contributed by atoms with van der Waals surface area (Å²) in [5, 5.41) is 10.8. The van der Waals surface area contributed by atoms with Crippen LogP contribution < -0.4 is 4.90 Å². The predicted octanol–water partition coefficient (Wildman–Crippen LogP) is 2.72. The highest BCUT2D eigenvalue weighted by molar-refractivity contribution is 7.89. The average molecular weight is 433 g/mol. The lowest BCUT2D eigenvalue weighted by molar-refractivity contribution is -0.384. The largest absolute Gasteiger partial charge is 0.311 e. The summed E-state index contributed by atoms with van der Waals surface area (Å²) in [6, 6.07) is 9.34. The molecule has 2 aromatic rings. The molecule has 0 radical (unpaired) electrons. The van der Waals surface area contributed by atoms with Crippen LogP contribution in [0.1, 0.15) is 18.4 Å². The third-order valence-electron chi connectivity index (χ3n) is 5.66. The first-order chi connectivity index (χ1) is 14.3. The van der Waals surface area contributed by atoms with Gasteiger partial charge in [-0.3, -0.25) is 14.9 Å². The number of carbonyl (C=O) groups excluding carboxylic acids is 1. The molecule has 2 aromatic carbocycles. The van der Waals surface area contributed by atoms with Gasteiger partial charge < -0.3 is 4.90 Å². The monoisotopic (exact) mass is 433 g/mol. The number of halogens is 1. The summed E-state index contributed by atoms with van der Waals surface area (Å²) in [6.45, 7) is 0.675. The fourth-order valence-electron chi connectivity index (χ4n) is 4.09. The van der Waals surface area contributed by atoms with Gasteiger partial charge in [0.15, 0.2) is 0 Å². The van der Waals surface area contributed by atoms with E-state index in [-0.39, 0.29) is 35.4 Å². The molecule has 4 rings (SSSR count). The summed E-state index contributed by atoms with van der Waals surface area (Å²) in [6.07, 6.45) is 1.50. The van der Waals surface area contributed by atoms with Crippen LogP contribution in [0.4, 0.5) is 15.8 Å². The molecule has 1 unspecified atom stereocenters. The summed E-state index contributed by atoms with van der Waals surface area (Å²) < 4.78 is 41.2. The van der Waals surface area contributed by atoms with Gasteiger partial charge in [-0.15, -0.1) is 0 Å². The maximum atomic E-state index is 14.0. The SMILES string of the molecule is O=C(C1CCCN(S(=O)(=O)c2ccc([N+](=O)[O-])cc2)C1)N1CCc2c(F)cccc21. The van der Waals surface area contributed by atoms with E-state index in [0.717, 1.165) is 12.1 Å². The molecule has 30 heavy (non-hydrogen) atoms. The molecule has 0 aromatic heterocycles. The highest BCUT2D eigenvalue weighted by atomic mass is 32.2. The van der Waals surface area contributed by atoms with Crippen molar-refractivity contribution in [2.45, 2.75) is 24.2 Å². The molecule has 1 saturated heterocycles. The Hall–Kier alpha value is -2.85. The lowest BCUT2D eigenvalue weighted by Gasteiger charge is -2.33. The van der Waals surface area contributed by atoms with Crippen molar-refractivity contribution in [1.29, 1.82) is 0 Å². The Morgan fingerprint density at radius 2 is 1.87 bits per heavy atom. The van der Waals surface area contributed by atoms with Crippen molar-refractivity contribution in [2.75, 3.05) is 24.5 Å². The van der Waals surface area contributed by atoms with Gasteiger partial charge >= 0.3 is 0 Å². The zero-order valence-corrected chi connectivity index (χ0v) is 16.8. The van der Waals surface area contributed by atoms with Gasteiger partial charge in [0.05, 0.1) is 15.7 Å². The number of hydrogen-bond acceptors (Lipinski definition) is 5. The predicted molar refractivity (Wildman–Crippen MR) is 107 cm³/mol. The number of hydrogen-bond donors (Lipinski definition) is 0. The molecule has 0 saturated carbocycles. The van der Waals surface area contributed by atoms with Crippen LogP contribution in [-0.2, 0) is 21.2 Å². The number of anilines is 1. The van der Waals surface area contributed by atoms with Crippen LogP contribution in [0.15, 0.2) is 47.4 Å². The first kappa shape index (κ1) is 20.4. The van der Waals surface area contributed by atoms with E-state index in [4.69, 9.17) is 0 Å². The van der Waals surface area contributed by atoms with Crippen molar-refractivity contribution in [3.8, 4) is 0 Å². The molecule has 1 amide bonds. The van der Waals surface area contributed by atoms with Crippen molar-refractivity contribution in [2.24, 2.45) is 5.92 Å². The number of piperidine rings is 1. The first-order valence-electron chi connectivity index (χ1n) is 9.62. The van der Waals surface area contributed by atoms with E-state index < -0.39 is 20.9 Å². The number of nitrogens with zero attached hydrogens (tertiary/aromatic N) is 3. The zero-order valence-electron chi connectivity index (χ0n) is 16.0. The fourth-order valence-corrected chi connectivity index (χ4v) is 5.62. The second-order valence-corrected chi connectivity index (χ2v) is 9.37. The third-order valence-corrected chi connectivity index (χ3v) is 7.53. The molecule has 158 valence electrons. The minimum absolute atomic E-state index is 0.0271. The molecule has 8 nitrogen and oxygen atoms in total. The van der Waals surface area contributed by atoms with Crippen molar-refractivity contribution >= 4 is 27.3 Å². The molecule has 0 bridgehead atoms. The Labute approximate surface area is 173 Å². The van der Waals surface area contributed by atoms with Crippen LogP contribution in [-0.4, -0.2) is 43.2 Å². The van der Waals surface area contributed by atoms with E-state index in [1.807, 2.05) is 0 Å². The number of sulfonamides is 1. The number of benzene rings is 2. The molecule has 0 spiro atoms. The lowest BCUT2D eigenvalue weighted by Crippen LogP contribution is -2.46. The average Bonchev–Trinajstić information content (AvgIpc) is 3.19. The Morgan fingerprint density at radius 1 is 1.13 bits per heavy atom. The first-order valence-corrected chi connectivity index (χ1v) is 11.1. The highest BCUT2D eigenvalue weighted by Crippen LogP contribution is 2.33. The van der Waals surface area contributed by atoms with Crippen molar-refractivity contribution in [1.82, 2.24) is 4.31 Å². The Bertz CT molecular complexity index is 1100. The van der Waals surface area contributed by atoms with Gasteiger partial charge in [0.25, 0.3) is 5.69 Å². The van der Waals surface area contributed by atoms with Crippen LogP contribution in [0.25, 0.3) is 0 Å². The molecule has 2 heterocycles. The number of rotatable bonds is 4. The van der Waals surface area contributed by atoms with Crippen LogP contribution in [0.2, 0.25) is 0 Å². The Morgan fingerprint density at radius 3 is 2.57 bits per heavy atom. The number of non-ortho nitro benzene ring substituents is 1. The van der Waals surface area contributed by atoms with Crippen molar-refractivity contribution in [3.05, 3.63) is 64.0 Å². The second kappa shape index (κ2) is 7.77. The van der Waals surface area contributed by atoms with Crippen molar-refractivity contribution in [3.63, 3.8) is 0 Å². The Kier molecular flexibility index (Phi) is 5.29. The van der Waals surface area contributed by atoms with Crippen LogP contribution in [0.3, 0.4) is 0 Å². The third kappa shape index (κ3) is 3.56. The lowest BCUT2D eigenvalue weighted by atomic mass is 9.98. The Balaban J connectivity index is 1.53. The van der Waals surface area contributed by atoms with Crippen LogP contribution >= 0.6 is 0 Å². The molecular weight excluding hydrogens is 413 g/mol. The number of carbonyl (C=O) groups is 1. The van der Waals surface area contributed by atoms with E-state index in [0.29, 0.717) is 37.1 Å². The minimum atomic E-state index is -3.88. The van der Waals surface area contributed by atoms with Gasteiger partial charge in [-0.1, -0.05) is 6.07 Å². The molecule has 0 aliphatic carbocycles. The van der Waals surface area contributed by atoms with Gasteiger partial charge in [0.1, 0.15) is 5.82 Å². The summed E-state index contributed by atoms with van der Waals surface area (Å²) >= 11 is 0. The zero-order chi connectivity index (χ0) is 21.5. The normalized spacial score (nSPS) is 19.5. The minimum Gasteiger partial charge on any atom is -0.311 e. The number of nitro benzene ring substituents is 1. The fraction of sp³-hybridized carbons (Fsp3) is 0.350. The summed E-state index contributed by atoms with van der Waals surface area (Å²) in [7, 11) is -3.88. The van der Waals surface area contributed by atoms with E-state index >= 15 is 0 Å². The number of fused-ring (bicyclic) bond motifs is 1.